The van der Waals surface area contributed by atoms with Crippen molar-refractivity contribution in [3.05, 3.63) is 34.9 Å². The van der Waals surface area contributed by atoms with E-state index in [9.17, 15) is 19.4 Å². The molecule has 1 aromatic rings. The second-order valence-corrected chi connectivity index (χ2v) is 11.2. The summed E-state index contributed by atoms with van der Waals surface area (Å²) >= 11 is 0. The molecule has 2 rings (SSSR count). The minimum atomic E-state index is -0.817. The Morgan fingerprint density at radius 2 is 1.89 bits per heavy atom. The number of ketones is 1. The number of rotatable bonds is 12. The first-order valence-electron chi connectivity index (χ1n) is 12.3. The van der Waals surface area contributed by atoms with Crippen molar-refractivity contribution in [3.8, 4) is 0 Å². The maximum Gasteiger partial charge on any atom is 0.373 e. The molecule has 0 spiro atoms. The molecule has 1 fully saturated rings. The Bertz CT molecular complexity index is 921. The minimum absolute atomic E-state index is 0.0710. The Kier molecular flexibility index (Phi) is 9.67. The zero-order chi connectivity index (χ0) is 26.6. The molecule has 0 unspecified atom stereocenters. The topological polar surface area (TPSA) is 117 Å². The number of carbonyl (C=O) groups excluding carboxylic acids is 3. The summed E-state index contributed by atoms with van der Waals surface area (Å²) < 4.78 is 10.8. The van der Waals surface area contributed by atoms with Crippen molar-refractivity contribution in [1.29, 1.82) is 0 Å². The van der Waals surface area contributed by atoms with Gasteiger partial charge in [0.15, 0.2) is 5.78 Å². The van der Waals surface area contributed by atoms with E-state index in [4.69, 9.17) is 9.47 Å². The summed E-state index contributed by atoms with van der Waals surface area (Å²) in [6.45, 7) is 15.1. The third-order valence-corrected chi connectivity index (χ3v) is 5.82. The van der Waals surface area contributed by atoms with E-state index < -0.39 is 24.3 Å². The molecular weight excluding hydrogens is 447 g/mol. The summed E-state index contributed by atoms with van der Waals surface area (Å²) in [5.74, 6) is -0.583. The number of Topliss-reactive ketones (excluding diaryl/α,β-unsaturated/α-hetero) is 1. The van der Waals surface area contributed by atoms with E-state index in [1.54, 1.807) is 46.7 Å². The number of carbonyl (C=O) groups is 3. The van der Waals surface area contributed by atoms with Gasteiger partial charge < -0.3 is 25.0 Å². The van der Waals surface area contributed by atoms with Crippen molar-refractivity contribution in [2.24, 2.45) is 5.92 Å². The monoisotopic (exact) mass is 488 g/mol. The van der Waals surface area contributed by atoms with Crippen molar-refractivity contribution in [2.75, 3.05) is 6.61 Å². The highest BCUT2D eigenvalue weighted by molar-refractivity contribution is 6.45. The van der Waals surface area contributed by atoms with Crippen LogP contribution in [0, 0.1) is 12.8 Å². The first kappa shape index (κ1) is 29.0. The predicted molar refractivity (Wildman–Crippen MR) is 136 cm³/mol. The summed E-state index contributed by atoms with van der Waals surface area (Å²) in [4.78, 5) is 38.4. The highest BCUT2D eigenvalue weighted by atomic mass is 16.6. The largest absolute Gasteiger partial charge is 0.460 e. The molecule has 194 valence electrons. The summed E-state index contributed by atoms with van der Waals surface area (Å²) in [5, 5.41) is 15.8. The highest BCUT2D eigenvalue weighted by Gasteiger charge is 2.50. The summed E-state index contributed by atoms with van der Waals surface area (Å²) in [6.07, 6.45) is 1.01. The van der Waals surface area contributed by atoms with Crippen LogP contribution in [0.15, 0.2) is 18.2 Å². The van der Waals surface area contributed by atoms with Gasteiger partial charge in [-0.2, -0.15) is 0 Å². The summed E-state index contributed by atoms with van der Waals surface area (Å²) in [7, 11) is -0.817. The van der Waals surface area contributed by atoms with Gasteiger partial charge in [0.25, 0.3) is 5.91 Å². The summed E-state index contributed by atoms with van der Waals surface area (Å²) in [6, 6.07) is 4.34. The van der Waals surface area contributed by atoms with Crippen LogP contribution in [0.3, 0.4) is 0 Å². The van der Waals surface area contributed by atoms with Crippen LogP contribution in [0.5, 0.6) is 0 Å². The van der Waals surface area contributed by atoms with Crippen LogP contribution in [0.2, 0.25) is 6.82 Å². The van der Waals surface area contributed by atoms with Gasteiger partial charge in [-0.1, -0.05) is 19.9 Å². The lowest BCUT2D eigenvalue weighted by molar-refractivity contribution is -0.155. The molecule has 9 heteroatoms. The molecule has 1 aromatic carbocycles. The van der Waals surface area contributed by atoms with Gasteiger partial charge in [-0.3, -0.25) is 14.4 Å². The van der Waals surface area contributed by atoms with Crippen molar-refractivity contribution >= 4 is 24.7 Å². The van der Waals surface area contributed by atoms with E-state index in [2.05, 4.69) is 10.5 Å². The van der Waals surface area contributed by atoms with Crippen LogP contribution < -0.4 is 10.5 Å². The summed E-state index contributed by atoms with van der Waals surface area (Å²) in [5.41, 5.74) is 0.835. The smallest absolute Gasteiger partial charge is 0.373 e. The lowest BCUT2D eigenvalue weighted by Crippen LogP contribution is -2.46. The normalized spacial score (nSPS) is 19.1. The Morgan fingerprint density at radius 3 is 2.40 bits per heavy atom. The van der Waals surface area contributed by atoms with Gasteiger partial charge in [-0.15, -0.1) is 0 Å². The molecule has 0 radical (unpaired) electrons. The maximum atomic E-state index is 13.1. The molecule has 3 atom stereocenters. The van der Waals surface area contributed by atoms with Gasteiger partial charge in [0.2, 0.25) is 0 Å². The van der Waals surface area contributed by atoms with Crippen molar-refractivity contribution in [3.63, 3.8) is 0 Å². The molecular formula is C26H41BN2O6. The number of benzene rings is 1. The first-order valence-corrected chi connectivity index (χ1v) is 12.3. The van der Waals surface area contributed by atoms with Crippen molar-refractivity contribution < 1.29 is 28.9 Å². The van der Waals surface area contributed by atoms with Gasteiger partial charge in [0, 0.05) is 11.6 Å². The highest BCUT2D eigenvalue weighted by Crippen LogP contribution is 2.30. The number of hydrogen-bond acceptors (Lipinski definition) is 7. The molecule has 0 aromatic heterocycles. The molecule has 8 nitrogen and oxygen atoms in total. The van der Waals surface area contributed by atoms with Gasteiger partial charge in [-0.25, -0.2) is 0 Å². The van der Waals surface area contributed by atoms with Crippen LogP contribution >= 0.6 is 0 Å². The van der Waals surface area contributed by atoms with E-state index >= 15 is 0 Å². The van der Waals surface area contributed by atoms with Gasteiger partial charge in [0.1, 0.15) is 11.2 Å². The van der Waals surface area contributed by atoms with E-state index in [1.807, 2.05) is 26.8 Å². The number of esters is 1. The molecule has 1 heterocycles. The molecule has 0 bridgehead atoms. The van der Waals surface area contributed by atoms with Crippen LogP contribution in [0.4, 0.5) is 0 Å². The minimum Gasteiger partial charge on any atom is -0.460 e. The number of ether oxygens (including phenoxy) is 2. The molecule has 35 heavy (non-hydrogen) atoms. The fourth-order valence-electron chi connectivity index (χ4n) is 3.98. The Hall–Kier alpha value is -2.23. The van der Waals surface area contributed by atoms with E-state index in [1.165, 1.54) is 0 Å². The molecule has 0 saturated carbocycles. The zero-order valence-corrected chi connectivity index (χ0v) is 22.4. The molecule has 1 amide bonds. The van der Waals surface area contributed by atoms with Gasteiger partial charge in [0.05, 0.1) is 19.1 Å². The van der Waals surface area contributed by atoms with E-state index in [0.29, 0.717) is 25.0 Å². The molecule has 1 aliphatic heterocycles. The Morgan fingerprint density at radius 1 is 1.26 bits per heavy atom. The number of nitrogens with one attached hydrogen (secondary N) is 2. The molecule has 1 saturated heterocycles. The second kappa shape index (κ2) is 11.7. The Labute approximate surface area is 209 Å². The fourth-order valence-corrected chi connectivity index (χ4v) is 3.98. The van der Waals surface area contributed by atoms with Gasteiger partial charge >= 0.3 is 13.0 Å². The number of epoxide rings is 1. The second-order valence-electron chi connectivity index (χ2n) is 11.2. The number of aryl methyl sites for hydroxylation is 1. The number of hydrogen-bond donors (Lipinski definition) is 3. The molecule has 0 aliphatic carbocycles. The predicted octanol–water partition coefficient (Wildman–Crippen LogP) is 2.84. The SMILES string of the molecule is CB(O)N[C@H](CC(=O)OC(C)(C)C)Cc1cc(C(=O)N[C@@H](CC(C)C)C(=O)[C@]2(C)CO2)ccc1C. The van der Waals surface area contributed by atoms with Crippen LogP contribution in [-0.2, 0) is 25.5 Å². The van der Waals surface area contributed by atoms with Crippen LogP contribution in [-0.4, -0.2) is 59.6 Å². The molecule has 1 aliphatic rings. The standard InChI is InChI=1S/C26H41BN2O6/c1-16(2)11-21(23(31)26(7)15-34-26)28-24(32)18-10-9-17(3)19(12-18)13-20(29-27(8)33)14-22(30)35-25(4,5)6/h9-10,12,16,20-21,29,33H,11,13-15H2,1-8H3,(H,28,32)/t20-,21-,26-/m0/s1. The third-order valence-electron chi connectivity index (χ3n) is 5.82. The third kappa shape index (κ3) is 9.39. The van der Waals surface area contributed by atoms with Crippen molar-refractivity contribution in [2.45, 2.75) is 97.8 Å². The van der Waals surface area contributed by atoms with E-state index in [0.717, 1.165) is 11.1 Å². The van der Waals surface area contributed by atoms with Crippen molar-refractivity contribution in [1.82, 2.24) is 10.5 Å². The van der Waals surface area contributed by atoms with Crippen LogP contribution in [0.1, 0.15) is 75.9 Å². The quantitative estimate of drug-likeness (QED) is 0.235. The lowest BCUT2D eigenvalue weighted by Gasteiger charge is -2.24. The van der Waals surface area contributed by atoms with Gasteiger partial charge in [-0.05, 0) is 83.5 Å². The number of amides is 1. The average molecular weight is 488 g/mol. The Balaban J connectivity index is 2.18. The van der Waals surface area contributed by atoms with E-state index in [-0.39, 0.29) is 36.0 Å². The fraction of sp³-hybridized carbons (Fsp3) is 0.654. The first-order chi connectivity index (χ1) is 16.1. The average Bonchev–Trinajstić information content (AvgIpc) is 3.44. The van der Waals surface area contributed by atoms with Crippen LogP contribution in [0.25, 0.3) is 0 Å². The molecule has 3 N–H and O–H groups in total. The zero-order valence-electron chi connectivity index (χ0n) is 22.4. The lowest BCUT2D eigenvalue weighted by atomic mass is 9.85. The maximum absolute atomic E-state index is 13.1.